The Bertz CT molecular complexity index is 357. The van der Waals surface area contributed by atoms with E-state index in [9.17, 15) is 4.79 Å². The Morgan fingerprint density at radius 1 is 1.73 bits per heavy atom. The number of hydrogen-bond acceptors (Lipinski definition) is 7. The summed E-state index contributed by atoms with van der Waals surface area (Å²) in [7, 11) is 1.45. The van der Waals surface area contributed by atoms with Crippen LogP contribution in [0.2, 0.25) is 0 Å². The highest BCUT2D eigenvalue weighted by molar-refractivity contribution is 8.03. The van der Waals surface area contributed by atoms with Gasteiger partial charge in [-0.05, 0) is 6.92 Å². The Morgan fingerprint density at radius 3 is 2.80 bits per heavy atom. The van der Waals surface area contributed by atoms with Crippen molar-refractivity contribution in [1.29, 1.82) is 0 Å². The lowest BCUT2D eigenvalue weighted by atomic mass is 10.2. The number of carbonyl (C=O) groups is 1. The average molecular weight is 249 g/mol. The number of nitrogens with zero attached hydrogens (tertiary/aromatic N) is 2. The summed E-state index contributed by atoms with van der Waals surface area (Å²) in [4.78, 5) is 11.0. The SMILES string of the molecule is COCC(C)(Sc1nnc(N)s1)C(=O)O. The maximum absolute atomic E-state index is 11.0. The highest BCUT2D eigenvalue weighted by Crippen LogP contribution is 2.35. The Morgan fingerprint density at radius 2 is 2.40 bits per heavy atom. The van der Waals surface area contributed by atoms with Crippen LogP contribution in [0.25, 0.3) is 0 Å². The second-order valence-corrected chi connectivity index (χ2v) is 5.74. The van der Waals surface area contributed by atoms with Gasteiger partial charge in [-0.1, -0.05) is 23.1 Å². The fourth-order valence-electron chi connectivity index (χ4n) is 0.865. The summed E-state index contributed by atoms with van der Waals surface area (Å²) in [6.45, 7) is 1.66. The molecule has 0 radical (unpaired) electrons. The minimum Gasteiger partial charge on any atom is -0.480 e. The van der Waals surface area contributed by atoms with Crippen LogP contribution in [0.15, 0.2) is 4.34 Å². The van der Waals surface area contributed by atoms with Crippen LogP contribution in [0.5, 0.6) is 0 Å². The van der Waals surface area contributed by atoms with Crippen molar-refractivity contribution in [2.24, 2.45) is 0 Å². The van der Waals surface area contributed by atoms with E-state index in [-0.39, 0.29) is 6.61 Å². The van der Waals surface area contributed by atoms with Gasteiger partial charge in [0, 0.05) is 7.11 Å². The number of nitrogen functional groups attached to an aromatic ring is 1. The van der Waals surface area contributed by atoms with Crippen LogP contribution >= 0.6 is 23.1 Å². The summed E-state index contributed by atoms with van der Waals surface area (Å²) in [5, 5.41) is 16.7. The lowest BCUT2D eigenvalue weighted by Crippen LogP contribution is -2.36. The predicted molar refractivity (Wildman–Crippen MR) is 58.1 cm³/mol. The third kappa shape index (κ3) is 3.05. The molecular weight excluding hydrogens is 238 g/mol. The molecule has 1 atom stereocenters. The van der Waals surface area contributed by atoms with E-state index >= 15 is 0 Å². The molecule has 15 heavy (non-hydrogen) atoms. The van der Waals surface area contributed by atoms with Crippen molar-refractivity contribution in [2.45, 2.75) is 16.0 Å². The largest absolute Gasteiger partial charge is 0.480 e. The van der Waals surface area contributed by atoms with Crippen LogP contribution in [-0.2, 0) is 9.53 Å². The van der Waals surface area contributed by atoms with Crippen molar-refractivity contribution in [3.63, 3.8) is 0 Å². The molecule has 84 valence electrons. The second-order valence-electron chi connectivity index (χ2n) is 2.98. The fraction of sp³-hybridized carbons (Fsp3) is 0.571. The molecular formula is C7H11N3O3S2. The first-order valence-electron chi connectivity index (χ1n) is 3.98. The van der Waals surface area contributed by atoms with E-state index in [1.807, 2.05) is 0 Å². The quantitative estimate of drug-likeness (QED) is 0.741. The zero-order valence-corrected chi connectivity index (χ0v) is 9.89. The van der Waals surface area contributed by atoms with Gasteiger partial charge in [-0.2, -0.15) is 0 Å². The molecule has 0 saturated carbocycles. The summed E-state index contributed by atoms with van der Waals surface area (Å²) < 4.78 is 4.32. The molecule has 0 aliphatic heterocycles. The fourth-order valence-corrected chi connectivity index (χ4v) is 2.91. The zero-order chi connectivity index (χ0) is 11.5. The van der Waals surface area contributed by atoms with Gasteiger partial charge in [0.05, 0.1) is 6.61 Å². The molecule has 0 bridgehead atoms. The Kier molecular flexibility index (Phi) is 3.89. The van der Waals surface area contributed by atoms with Gasteiger partial charge >= 0.3 is 5.97 Å². The molecule has 0 saturated heterocycles. The number of ether oxygens (including phenoxy) is 1. The number of methoxy groups -OCH3 is 1. The topological polar surface area (TPSA) is 98.3 Å². The molecule has 3 N–H and O–H groups in total. The van der Waals surface area contributed by atoms with Crippen LogP contribution in [-0.4, -0.2) is 39.7 Å². The van der Waals surface area contributed by atoms with Crippen LogP contribution in [0.1, 0.15) is 6.92 Å². The van der Waals surface area contributed by atoms with E-state index in [2.05, 4.69) is 10.2 Å². The van der Waals surface area contributed by atoms with Crippen LogP contribution in [0, 0.1) is 0 Å². The van der Waals surface area contributed by atoms with Crippen LogP contribution in [0.4, 0.5) is 5.13 Å². The molecule has 1 aromatic rings. The van der Waals surface area contributed by atoms with Gasteiger partial charge in [0.1, 0.15) is 4.75 Å². The van der Waals surface area contributed by atoms with Gasteiger partial charge in [-0.3, -0.25) is 4.79 Å². The standard InChI is InChI=1S/C7H11N3O3S2/c1-7(3-13-2,4(11)12)15-6-10-9-5(8)14-6/h3H2,1-2H3,(H2,8,9)(H,11,12). The predicted octanol–water partition coefficient (Wildman–Crippen LogP) is 0.702. The summed E-state index contributed by atoms with van der Waals surface area (Å²) >= 11 is 2.24. The van der Waals surface area contributed by atoms with Crippen molar-refractivity contribution >= 4 is 34.2 Å². The minimum atomic E-state index is -1.07. The number of anilines is 1. The van der Waals surface area contributed by atoms with Crippen molar-refractivity contribution in [3.05, 3.63) is 0 Å². The Labute approximate surface area is 94.8 Å². The normalized spacial score (nSPS) is 14.8. The molecule has 1 heterocycles. The summed E-state index contributed by atoms with van der Waals surface area (Å²) in [6, 6.07) is 0. The van der Waals surface area contributed by atoms with Crippen molar-refractivity contribution in [1.82, 2.24) is 10.2 Å². The van der Waals surface area contributed by atoms with Crippen molar-refractivity contribution < 1.29 is 14.6 Å². The zero-order valence-electron chi connectivity index (χ0n) is 8.26. The summed E-state index contributed by atoms with van der Waals surface area (Å²) in [5.41, 5.74) is 5.40. The lowest BCUT2D eigenvalue weighted by Gasteiger charge is -2.21. The number of hydrogen-bond donors (Lipinski definition) is 2. The van der Waals surface area contributed by atoms with Gasteiger partial charge in [0.15, 0.2) is 4.34 Å². The molecule has 0 aliphatic carbocycles. The van der Waals surface area contributed by atoms with E-state index in [0.29, 0.717) is 9.47 Å². The Hall–Kier alpha value is -0.860. The van der Waals surface area contributed by atoms with Crippen LogP contribution in [0.3, 0.4) is 0 Å². The molecule has 8 heteroatoms. The van der Waals surface area contributed by atoms with Gasteiger partial charge < -0.3 is 15.6 Å². The van der Waals surface area contributed by atoms with Gasteiger partial charge in [0.25, 0.3) is 0 Å². The number of carboxylic acid groups (broad SMARTS) is 1. The molecule has 1 unspecified atom stereocenters. The van der Waals surface area contributed by atoms with Gasteiger partial charge in [-0.15, -0.1) is 10.2 Å². The van der Waals surface area contributed by atoms with E-state index < -0.39 is 10.7 Å². The number of nitrogens with two attached hydrogens (primary N) is 1. The number of rotatable bonds is 5. The van der Waals surface area contributed by atoms with E-state index in [1.165, 1.54) is 7.11 Å². The van der Waals surface area contributed by atoms with Crippen molar-refractivity contribution in [3.8, 4) is 0 Å². The molecule has 0 fully saturated rings. The van der Waals surface area contributed by atoms with E-state index in [0.717, 1.165) is 23.1 Å². The molecule has 1 rings (SSSR count). The minimum absolute atomic E-state index is 0.0898. The van der Waals surface area contributed by atoms with Gasteiger partial charge in [-0.25, -0.2) is 0 Å². The molecule has 6 nitrogen and oxygen atoms in total. The second kappa shape index (κ2) is 4.77. The molecule has 0 aliphatic rings. The third-order valence-electron chi connectivity index (χ3n) is 1.61. The van der Waals surface area contributed by atoms with Crippen LogP contribution < -0.4 is 5.73 Å². The highest BCUT2D eigenvalue weighted by atomic mass is 32.2. The lowest BCUT2D eigenvalue weighted by molar-refractivity contribution is -0.140. The first-order chi connectivity index (χ1) is 6.98. The molecule has 0 spiro atoms. The highest BCUT2D eigenvalue weighted by Gasteiger charge is 2.36. The monoisotopic (exact) mass is 249 g/mol. The molecule has 0 amide bonds. The van der Waals surface area contributed by atoms with Gasteiger partial charge in [0.2, 0.25) is 5.13 Å². The number of aromatic nitrogens is 2. The molecule has 1 aromatic heterocycles. The third-order valence-corrected chi connectivity index (χ3v) is 3.65. The number of carboxylic acids is 1. The first kappa shape index (κ1) is 12.2. The first-order valence-corrected chi connectivity index (χ1v) is 5.61. The smallest absolute Gasteiger partial charge is 0.322 e. The maximum Gasteiger partial charge on any atom is 0.322 e. The number of aliphatic carboxylic acids is 1. The average Bonchev–Trinajstić information content (AvgIpc) is 2.51. The van der Waals surface area contributed by atoms with E-state index in [1.54, 1.807) is 6.92 Å². The maximum atomic E-state index is 11.0. The number of thioether (sulfide) groups is 1. The summed E-state index contributed by atoms with van der Waals surface area (Å²) in [5.74, 6) is -0.955. The van der Waals surface area contributed by atoms with Crippen molar-refractivity contribution in [2.75, 3.05) is 19.5 Å². The Balaban J connectivity index is 2.79. The summed E-state index contributed by atoms with van der Waals surface area (Å²) in [6.07, 6.45) is 0. The van der Waals surface area contributed by atoms with E-state index in [4.69, 9.17) is 15.6 Å². The molecule has 0 aromatic carbocycles.